The normalized spacial score (nSPS) is 32.7. The van der Waals surface area contributed by atoms with Gasteiger partial charge in [0.1, 0.15) is 0 Å². The third-order valence-corrected chi connectivity index (χ3v) is 6.81. The highest BCUT2D eigenvalue weighted by molar-refractivity contribution is 7.80. The standard InChI is InChI=1S/C21H28N2OS/c1-12(2)15-3-5-16(6-4-15)20(24)23-21(25)22-19-17-8-13-7-14(10-17)11-18(19)9-13/h3-6,12-14,17-19H,7-11H2,1-2H3,(H2,22,23,24,25). The van der Waals surface area contributed by atoms with E-state index in [4.69, 9.17) is 12.2 Å². The Balaban J connectivity index is 1.35. The van der Waals surface area contributed by atoms with Crippen LogP contribution in [0.2, 0.25) is 0 Å². The molecule has 0 atom stereocenters. The molecule has 0 aliphatic heterocycles. The Hall–Kier alpha value is -1.42. The molecule has 5 rings (SSSR count). The van der Waals surface area contributed by atoms with Crippen LogP contribution in [0.15, 0.2) is 24.3 Å². The van der Waals surface area contributed by atoms with Crippen LogP contribution in [-0.2, 0) is 0 Å². The highest BCUT2D eigenvalue weighted by Crippen LogP contribution is 2.53. The topological polar surface area (TPSA) is 41.1 Å². The molecule has 134 valence electrons. The highest BCUT2D eigenvalue weighted by atomic mass is 32.1. The highest BCUT2D eigenvalue weighted by Gasteiger charge is 2.48. The van der Waals surface area contributed by atoms with Crippen LogP contribution >= 0.6 is 12.2 Å². The summed E-state index contributed by atoms with van der Waals surface area (Å²) in [5, 5.41) is 6.87. The van der Waals surface area contributed by atoms with Crippen molar-refractivity contribution < 1.29 is 4.79 Å². The van der Waals surface area contributed by atoms with Crippen LogP contribution in [0.25, 0.3) is 0 Å². The monoisotopic (exact) mass is 356 g/mol. The molecule has 4 heteroatoms. The molecule has 0 unspecified atom stereocenters. The van der Waals surface area contributed by atoms with E-state index in [-0.39, 0.29) is 5.91 Å². The lowest BCUT2D eigenvalue weighted by Gasteiger charge is -2.54. The van der Waals surface area contributed by atoms with Gasteiger partial charge in [-0.15, -0.1) is 0 Å². The SMILES string of the molecule is CC(C)c1ccc(C(=O)NC(=S)NC2C3CC4CC(C3)CC2C4)cc1. The van der Waals surface area contributed by atoms with E-state index in [2.05, 4.69) is 24.5 Å². The molecule has 4 aliphatic rings. The minimum Gasteiger partial charge on any atom is -0.359 e. The number of rotatable bonds is 3. The van der Waals surface area contributed by atoms with Gasteiger partial charge >= 0.3 is 0 Å². The van der Waals surface area contributed by atoms with Crippen LogP contribution in [0, 0.1) is 23.7 Å². The lowest BCUT2D eigenvalue weighted by Crippen LogP contribution is -2.57. The van der Waals surface area contributed by atoms with Crippen molar-refractivity contribution >= 4 is 23.2 Å². The van der Waals surface area contributed by atoms with Gasteiger partial charge in [-0.2, -0.15) is 0 Å². The molecule has 3 nitrogen and oxygen atoms in total. The predicted octanol–water partition coefficient (Wildman–Crippen LogP) is 4.24. The summed E-state index contributed by atoms with van der Waals surface area (Å²) in [6.45, 7) is 4.30. The summed E-state index contributed by atoms with van der Waals surface area (Å²) in [5.41, 5.74) is 1.91. The average Bonchev–Trinajstić information content (AvgIpc) is 2.57. The van der Waals surface area contributed by atoms with E-state index in [9.17, 15) is 4.79 Å². The molecule has 1 aromatic carbocycles. The van der Waals surface area contributed by atoms with Gasteiger partial charge in [-0.1, -0.05) is 26.0 Å². The van der Waals surface area contributed by atoms with Crippen molar-refractivity contribution in [3.05, 3.63) is 35.4 Å². The Morgan fingerprint density at radius 3 is 2.08 bits per heavy atom. The Morgan fingerprint density at radius 1 is 1.00 bits per heavy atom. The number of hydrogen-bond donors (Lipinski definition) is 2. The van der Waals surface area contributed by atoms with Crippen LogP contribution in [0.1, 0.15) is 67.8 Å². The molecule has 0 aromatic heterocycles. The van der Waals surface area contributed by atoms with Gasteiger partial charge < -0.3 is 5.32 Å². The largest absolute Gasteiger partial charge is 0.359 e. The Bertz CT molecular complexity index is 639. The minimum atomic E-state index is -0.114. The molecule has 4 aliphatic carbocycles. The zero-order chi connectivity index (χ0) is 17.6. The van der Waals surface area contributed by atoms with Crippen molar-refractivity contribution in [3.63, 3.8) is 0 Å². The van der Waals surface area contributed by atoms with Gasteiger partial charge in [0.05, 0.1) is 0 Å². The van der Waals surface area contributed by atoms with E-state index in [1.807, 2.05) is 24.3 Å². The molecule has 0 spiro atoms. The first kappa shape index (κ1) is 17.0. The molecule has 0 saturated heterocycles. The van der Waals surface area contributed by atoms with Crippen LogP contribution in [-0.4, -0.2) is 17.1 Å². The molecule has 1 amide bonds. The maximum Gasteiger partial charge on any atom is 0.257 e. The van der Waals surface area contributed by atoms with Gasteiger partial charge in [0, 0.05) is 11.6 Å². The maximum atomic E-state index is 12.4. The van der Waals surface area contributed by atoms with Gasteiger partial charge in [-0.3, -0.25) is 10.1 Å². The second-order valence-electron chi connectivity index (χ2n) is 8.66. The molecule has 1 aromatic rings. The fourth-order valence-electron chi connectivity index (χ4n) is 5.54. The zero-order valence-electron chi connectivity index (χ0n) is 15.1. The third-order valence-electron chi connectivity index (χ3n) is 6.59. The number of nitrogens with one attached hydrogen (secondary N) is 2. The molecular weight excluding hydrogens is 328 g/mol. The summed E-state index contributed by atoms with van der Waals surface area (Å²) in [7, 11) is 0. The fraction of sp³-hybridized carbons (Fsp3) is 0.619. The number of benzene rings is 1. The van der Waals surface area contributed by atoms with E-state index in [1.54, 1.807) is 0 Å². The molecule has 0 radical (unpaired) electrons. The average molecular weight is 357 g/mol. The Kier molecular flexibility index (Phi) is 4.57. The van der Waals surface area contributed by atoms with Gasteiger partial charge in [0.25, 0.3) is 5.91 Å². The second-order valence-corrected chi connectivity index (χ2v) is 9.07. The smallest absolute Gasteiger partial charge is 0.257 e. The van der Waals surface area contributed by atoms with Gasteiger partial charge in [0.15, 0.2) is 5.11 Å². The van der Waals surface area contributed by atoms with Crippen LogP contribution < -0.4 is 10.6 Å². The van der Waals surface area contributed by atoms with E-state index < -0.39 is 0 Å². The van der Waals surface area contributed by atoms with E-state index >= 15 is 0 Å². The van der Waals surface area contributed by atoms with Crippen molar-refractivity contribution in [2.75, 3.05) is 0 Å². The van der Waals surface area contributed by atoms with Crippen molar-refractivity contribution in [2.45, 2.75) is 57.9 Å². The predicted molar refractivity (Wildman–Crippen MR) is 105 cm³/mol. The summed E-state index contributed by atoms with van der Waals surface area (Å²) in [6.07, 6.45) is 6.83. The number of thiocarbonyl (C=S) groups is 1. The second kappa shape index (κ2) is 6.71. The van der Waals surface area contributed by atoms with Crippen LogP contribution in [0.5, 0.6) is 0 Å². The quantitative estimate of drug-likeness (QED) is 0.796. The summed E-state index contributed by atoms with van der Waals surface area (Å²) in [6, 6.07) is 8.28. The summed E-state index contributed by atoms with van der Waals surface area (Å²) < 4.78 is 0. The summed E-state index contributed by atoms with van der Waals surface area (Å²) in [4.78, 5) is 12.4. The molecule has 4 bridgehead atoms. The lowest BCUT2D eigenvalue weighted by atomic mass is 9.54. The molecule has 4 fully saturated rings. The van der Waals surface area contributed by atoms with E-state index in [1.165, 1.54) is 37.7 Å². The number of hydrogen-bond acceptors (Lipinski definition) is 2. The number of carbonyl (C=O) groups is 1. The van der Waals surface area contributed by atoms with Crippen molar-refractivity contribution in [3.8, 4) is 0 Å². The van der Waals surface area contributed by atoms with Crippen molar-refractivity contribution in [1.82, 2.24) is 10.6 Å². The molecule has 2 N–H and O–H groups in total. The number of carbonyl (C=O) groups excluding carboxylic acids is 1. The van der Waals surface area contributed by atoms with E-state index in [0.29, 0.717) is 22.6 Å². The Labute approximate surface area is 156 Å². The lowest BCUT2D eigenvalue weighted by molar-refractivity contribution is -0.00692. The number of amides is 1. The first-order valence-corrected chi connectivity index (χ1v) is 10.1. The zero-order valence-corrected chi connectivity index (χ0v) is 15.9. The molecule has 25 heavy (non-hydrogen) atoms. The first-order valence-electron chi connectivity index (χ1n) is 9.71. The van der Waals surface area contributed by atoms with Crippen LogP contribution in [0.4, 0.5) is 0 Å². The van der Waals surface area contributed by atoms with Gasteiger partial charge in [-0.05, 0) is 91.6 Å². The molecule has 0 heterocycles. The Morgan fingerprint density at radius 2 is 1.56 bits per heavy atom. The fourth-order valence-corrected chi connectivity index (χ4v) is 5.77. The molecule has 4 saturated carbocycles. The van der Waals surface area contributed by atoms with Gasteiger partial charge in [-0.25, -0.2) is 0 Å². The van der Waals surface area contributed by atoms with Crippen molar-refractivity contribution in [1.29, 1.82) is 0 Å². The summed E-state index contributed by atoms with van der Waals surface area (Å²) >= 11 is 5.45. The van der Waals surface area contributed by atoms with Crippen molar-refractivity contribution in [2.24, 2.45) is 23.7 Å². The van der Waals surface area contributed by atoms with Gasteiger partial charge in [0.2, 0.25) is 0 Å². The van der Waals surface area contributed by atoms with Crippen LogP contribution in [0.3, 0.4) is 0 Å². The first-order chi connectivity index (χ1) is 12.0. The molecular formula is C21H28N2OS. The third kappa shape index (κ3) is 3.46. The van der Waals surface area contributed by atoms with E-state index in [0.717, 1.165) is 23.7 Å². The summed E-state index contributed by atoms with van der Waals surface area (Å²) in [5.74, 6) is 3.74. The minimum absolute atomic E-state index is 0.114. The maximum absolute atomic E-state index is 12.4.